The minimum absolute atomic E-state index is 0.140. The molecule has 152 valence electrons. The van der Waals surface area contributed by atoms with Crippen LogP contribution in [0.25, 0.3) is 10.9 Å². The zero-order valence-corrected chi connectivity index (χ0v) is 15.9. The number of methoxy groups -OCH3 is 1. The number of nitrogens with zero attached hydrogens (tertiary/aromatic N) is 1. The van der Waals surface area contributed by atoms with Crippen LogP contribution in [-0.2, 0) is 22.1 Å². The summed E-state index contributed by atoms with van der Waals surface area (Å²) < 4.78 is 45.0. The Balaban J connectivity index is 1.85. The molecule has 7 heteroatoms. The third kappa shape index (κ3) is 3.62. The number of benzene rings is 2. The fraction of sp³-hybridized carbons (Fsp3) is 0.318. The van der Waals surface area contributed by atoms with Crippen molar-refractivity contribution in [2.45, 2.75) is 25.1 Å². The molecular weight excluding hydrogens is 381 g/mol. The van der Waals surface area contributed by atoms with Gasteiger partial charge in [-0.1, -0.05) is 30.3 Å². The maximum Gasteiger partial charge on any atom is 0.416 e. The Bertz CT molecular complexity index is 1040. The van der Waals surface area contributed by atoms with Crippen LogP contribution in [-0.4, -0.2) is 36.1 Å². The SMILES string of the molecule is COCCC(=O)N1CCc2c([nH]c3ccccc23)C1c1cccc(C(F)(F)F)c1. The van der Waals surface area contributed by atoms with E-state index in [0.29, 0.717) is 18.5 Å². The van der Waals surface area contributed by atoms with Crippen molar-refractivity contribution < 1.29 is 22.7 Å². The first-order valence-electron chi connectivity index (χ1n) is 9.45. The minimum atomic E-state index is -4.45. The predicted octanol–water partition coefficient (Wildman–Crippen LogP) is 4.70. The van der Waals surface area contributed by atoms with Crippen molar-refractivity contribution in [3.63, 3.8) is 0 Å². The monoisotopic (exact) mass is 402 g/mol. The molecule has 0 spiro atoms. The van der Waals surface area contributed by atoms with Gasteiger partial charge in [-0.2, -0.15) is 13.2 Å². The fourth-order valence-electron chi connectivity index (χ4n) is 4.07. The maximum atomic E-state index is 13.3. The van der Waals surface area contributed by atoms with Crippen molar-refractivity contribution in [3.05, 3.63) is 70.9 Å². The number of amides is 1. The van der Waals surface area contributed by atoms with Crippen molar-refractivity contribution in [2.24, 2.45) is 0 Å². The van der Waals surface area contributed by atoms with E-state index in [4.69, 9.17) is 4.74 Å². The first-order valence-corrected chi connectivity index (χ1v) is 9.45. The summed E-state index contributed by atoms with van der Waals surface area (Å²) in [6.45, 7) is 0.711. The van der Waals surface area contributed by atoms with E-state index >= 15 is 0 Å². The number of H-pyrrole nitrogens is 1. The van der Waals surface area contributed by atoms with Crippen LogP contribution in [0.1, 0.15) is 34.8 Å². The molecule has 2 heterocycles. The lowest BCUT2D eigenvalue weighted by Gasteiger charge is -2.36. The zero-order chi connectivity index (χ0) is 20.6. The van der Waals surface area contributed by atoms with E-state index in [1.54, 1.807) is 11.0 Å². The van der Waals surface area contributed by atoms with Crippen LogP contribution in [0.4, 0.5) is 13.2 Å². The molecule has 0 bridgehead atoms. The number of hydrogen-bond acceptors (Lipinski definition) is 2. The first-order chi connectivity index (χ1) is 13.9. The van der Waals surface area contributed by atoms with Gasteiger partial charge in [-0.3, -0.25) is 4.79 Å². The largest absolute Gasteiger partial charge is 0.416 e. The number of hydrogen-bond donors (Lipinski definition) is 1. The van der Waals surface area contributed by atoms with Gasteiger partial charge in [-0.15, -0.1) is 0 Å². The van der Waals surface area contributed by atoms with Crippen LogP contribution in [0, 0.1) is 0 Å². The number of fused-ring (bicyclic) bond motifs is 3. The highest BCUT2D eigenvalue weighted by Gasteiger charge is 2.36. The zero-order valence-electron chi connectivity index (χ0n) is 15.9. The molecule has 4 nitrogen and oxygen atoms in total. The molecule has 4 rings (SSSR count). The molecule has 0 saturated carbocycles. The first kappa shape index (κ1) is 19.5. The Hall–Kier alpha value is -2.80. The van der Waals surface area contributed by atoms with Gasteiger partial charge in [0.1, 0.15) is 0 Å². The van der Waals surface area contributed by atoms with Gasteiger partial charge in [-0.05, 0) is 35.7 Å². The number of aromatic nitrogens is 1. The number of carbonyl (C=O) groups excluding carboxylic acids is 1. The molecule has 2 aromatic carbocycles. The standard InChI is InChI=1S/C22H21F3N2O2/c1-29-12-10-19(28)27-11-9-17-16-7-2-3-8-18(16)26-20(17)21(27)14-5-4-6-15(13-14)22(23,24)25/h2-8,13,21,26H,9-12H2,1H3. The molecule has 1 N–H and O–H groups in total. The Labute approximate surface area is 166 Å². The number of rotatable bonds is 4. The third-order valence-corrected chi connectivity index (χ3v) is 5.40. The van der Waals surface area contributed by atoms with Crippen molar-refractivity contribution >= 4 is 16.8 Å². The predicted molar refractivity (Wildman–Crippen MR) is 103 cm³/mol. The van der Waals surface area contributed by atoms with Crippen LogP contribution < -0.4 is 0 Å². The molecular formula is C22H21F3N2O2. The second-order valence-corrected chi connectivity index (χ2v) is 7.17. The third-order valence-electron chi connectivity index (χ3n) is 5.40. The summed E-state index contributed by atoms with van der Waals surface area (Å²) in [6, 6.07) is 12.4. The number of carbonyl (C=O) groups is 1. The van der Waals surface area contributed by atoms with Gasteiger partial charge in [0.05, 0.1) is 24.6 Å². The normalized spacial score (nSPS) is 16.8. The molecule has 29 heavy (non-hydrogen) atoms. The quantitative estimate of drug-likeness (QED) is 0.688. The van der Waals surface area contributed by atoms with Crippen LogP contribution in [0.5, 0.6) is 0 Å². The van der Waals surface area contributed by atoms with Crippen LogP contribution in [0.2, 0.25) is 0 Å². The second-order valence-electron chi connectivity index (χ2n) is 7.17. The van der Waals surface area contributed by atoms with Gasteiger partial charge in [0.25, 0.3) is 0 Å². The average molecular weight is 402 g/mol. The highest BCUT2D eigenvalue weighted by atomic mass is 19.4. The number of ether oxygens (including phenoxy) is 1. The molecule has 3 aromatic rings. The van der Waals surface area contributed by atoms with Crippen molar-refractivity contribution in [3.8, 4) is 0 Å². The summed E-state index contributed by atoms with van der Waals surface area (Å²) >= 11 is 0. The van der Waals surface area contributed by atoms with E-state index in [0.717, 1.165) is 34.3 Å². The van der Waals surface area contributed by atoms with E-state index in [1.165, 1.54) is 13.2 Å². The van der Waals surface area contributed by atoms with Crippen molar-refractivity contribution in [1.29, 1.82) is 0 Å². The van der Waals surface area contributed by atoms with E-state index in [-0.39, 0.29) is 18.9 Å². The minimum Gasteiger partial charge on any atom is -0.384 e. The van der Waals surface area contributed by atoms with E-state index in [9.17, 15) is 18.0 Å². The van der Waals surface area contributed by atoms with Gasteiger partial charge in [0, 0.05) is 30.3 Å². The summed E-state index contributed by atoms with van der Waals surface area (Å²) in [5.41, 5.74) is 2.47. The van der Waals surface area contributed by atoms with Crippen molar-refractivity contribution in [2.75, 3.05) is 20.3 Å². The summed E-state index contributed by atoms with van der Waals surface area (Å²) in [5.74, 6) is -0.140. The number of halogens is 3. The topological polar surface area (TPSA) is 45.3 Å². The number of alkyl halides is 3. The van der Waals surface area contributed by atoms with E-state index < -0.39 is 17.8 Å². The summed E-state index contributed by atoms with van der Waals surface area (Å²) in [7, 11) is 1.52. The smallest absolute Gasteiger partial charge is 0.384 e. The Kier molecular flexibility index (Phi) is 5.08. The highest BCUT2D eigenvalue weighted by molar-refractivity contribution is 5.86. The number of para-hydroxylation sites is 1. The van der Waals surface area contributed by atoms with Gasteiger partial charge < -0.3 is 14.6 Å². The molecule has 1 unspecified atom stereocenters. The molecule has 0 fully saturated rings. The van der Waals surface area contributed by atoms with Gasteiger partial charge in [0.15, 0.2) is 0 Å². The van der Waals surface area contributed by atoms with Crippen LogP contribution in [0.3, 0.4) is 0 Å². The molecule has 1 aliphatic rings. The molecule has 1 atom stereocenters. The summed E-state index contributed by atoms with van der Waals surface area (Å²) in [6.07, 6.45) is -3.62. The lowest BCUT2D eigenvalue weighted by Crippen LogP contribution is -2.41. The molecule has 1 aliphatic heterocycles. The average Bonchev–Trinajstić information content (AvgIpc) is 3.09. The molecule has 0 radical (unpaired) electrons. The molecule has 0 aliphatic carbocycles. The maximum absolute atomic E-state index is 13.3. The van der Waals surface area contributed by atoms with Gasteiger partial charge in [-0.25, -0.2) is 0 Å². The van der Waals surface area contributed by atoms with Gasteiger partial charge >= 0.3 is 6.18 Å². The summed E-state index contributed by atoms with van der Waals surface area (Å²) in [4.78, 5) is 17.9. The van der Waals surface area contributed by atoms with E-state index in [2.05, 4.69) is 4.98 Å². The van der Waals surface area contributed by atoms with Gasteiger partial charge in [0.2, 0.25) is 5.91 Å². The Morgan fingerprint density at radius 1 is 1.21 bits per heavy atom. The molecule has 1 amide bonds. The highest BCUT2D eigenvalue weighted by Crippen LogP contribution is 2.40. The fourth-order valence-corrected chi connectivity index (χ4v) is 4.07. The van der Waals surface area contributed by atoms with Crippen LogP contribution in [0.15, 0.2) is 48.5 Å². The van der Waals surface area contributed by atoms with Crippen LogP contribution >= 0.6 is 0 Å². The summed E-state index contributed by atoms with van der Waals surface area (Å²) in [5, 5.41) is 1.04. The number of aromatic amines is 1. The molecule has 1 aromatic heterocycles. The Morgan fingerprint density at radius 2 is 2.00 bits per heavy atom. The van der Waals surface area contributed by atoms with Crippen molar-refractivity contribution in [1.82, 2.24) is 9.88 Å². The Morgan fingerprint density at radius 3 is 2.76 bits per heavy atom. The van der Waals surface area contributed by atoms with E-state index in [1.807, 2.05) is 24.3 Å². The second kappa shape index (κ2) is 7.55. The molecule has 0 saturated heterocycles. The number of nitrogens with one attached hydrogen (secondary N) is 1. The lowest BCUT2D eigenvalue weighted by molar-refractivity contribution is -0.137. The lowest BCUT2D eigenvalue weighted by atomic mass is 9.91.